The number of ether oxygens (including phenoxy) is 11. The summed E-state index contributed by atoms with van der Waals surface area (Å²) in [7, 11) is -1.67. The van der Waals surface area contributed by atoms with Crippen molar-refractivity contribution in [3.8, 4) is 0 Å². The van der Waals surface area contributed by atoms with E-state index in [0.717, 1.165) is 44.1 Å². The van der Waals surface area contributed by atoms with E-state index in [1.807, 2.05) is 13.8 Å². The highest BCUT2D eigenvalue weighted by Gasteiger charge is 2.64. The Hall–Kier alpha value is -2.44. The van der Waals surface area contributed by atoms with Gasteiger partial charge < -0.3 is 72.7 Å². The number of carboxylic acid groups (broad SMARTS) is 1. The Morgan fingerprint density at radius 3 is 2.08 bits per heavy atom. The van der Waals surface area contributed by atoms with Gasteiger partial charge in [-0.25, -0.2) is 9.59 Å². The van der Waals surface area contributed by atoms with Crippen LogP contribution in [0, 0.1) is 11.8 Å². The van der Waals surface area contributed by atoms with Crippen molar-refractivity contribution in [2.24, 2.45) is 11.8 Å². The molecule has 11 rings (SSSR count). The van der Waals surface area contributed by atoms with Crippen molar-refractivity contribution in [3.05, 3.63) is 23.8 Å². The topological polar surface area (TPSA) is 243 Å². The van der Waals surface area contributed by atoms with E-state index in [-0.39, 0.29) is 128 Å². The van der Waals surface area contributed by atoms with E-state index < -0.39 is 81.1 Å². The summed E-state index contributed by atoms with van der Waals surface area (Å²) in [6, 6.07) is -1.30. The molecule has 0 aromatic carbocycles. The molecule has 0 saturated carbocycles. The first-order valence-corrected chi connectivity index (χ1v) is 36.4. The second kappa shape index (κ2) is 28.5. The molecule has 0 bridgehead atoms. The zero-order valence-electron chi connectivity index (χ0n) is 54.7. The van der Waals surface area contributed by atoms with Crippen molar-refractivity contribution in [3.63, 3.8) is 0 Å². The summed E-state index contributed by atoms with van der Waals surface area (Å²) in [4.78, 5) is 37.4. The monoisotopic (exact) mass is 1270 g/mol. The zero-order valence-corrected chi connectivity index (χ0v) is 55.5. The van der Waals surface area contributed by atoms with Crippen LogP contribution < -0.4 is 5.32 Å². The fraction of sp³-hybridized carbons (Fsp3) is 0.899. The molecule has 0 aliphatic carbocycles. The van der Waals surface area contributed by atoms with Gasteiger partial charge in [-0.2, -0.15) is 0 Å². The van der Waals surface area contributed by atoms with E-state index in [1.54, 1.807) is 0 Å². The Labute approximate surface area is 531 Å². The van der Waals surface area contributed by atoms with Gasteiger partial charge in [-0.3, -0.25) is 9.00 Å². The Balaban J connectivity index is 0.651. The van der Waals surface area contributed by atoms with Crippen LogP contribution in [-0.2, 0) is 77.3 Å². The van der Waals surface area contributed by atoms with Crippen molar-refractivity contribution in [2.75, 3.05) is 18.1 Å². The second-order valence-corrected chi connectivity index (χ2v) is 31.8. The summed E-state index contributed by atoms with van der Waals surface area (Å²) in [6.07, 6.45) is 22.5. The first kappa shape index (κ1) is 68.0. The number of hydrogen-bond donors (Lipinski definition) is 4. The van der Waals surface area contributed by atoms with Crippen molar-refractivity contribution < 1.29 is 86.0 Å². The predicted octanol–water partition coefficient (Wildman–Crippen LogP) is 9.12. The lowest BCUT2D eigenvalue weighted by Crippen LogP contribution is -2.70. The van der Waals surface area contributed by atoms with Gasteiger partial charge in [-0.1, -0.05) is 103 Å². The number of unbranched alkanes of at least 4 members (excludes halogenated alkanes) is 12. The number of aliphatic carboxylic acids is 1. The Morgan fingerprint density at radius 1 is 0.674 bits per heavy atom. The fourth-order valence-electron chi connectivity index (χ4n) is 17.5. The predicted molar refractivity (Wildman–Crippen MR) is 331 cm³/mol. The second-order valence-electron chi connectivity index (χ2n) is 30.2. The van der Waals surface area contributed by atoms with Crippen LogP contribution in [0.1, 0.15) is 222 Å². The number of nitrogens with one attached hydrogen (secondary N) is 1. The minimum Gasteiger partial charge on any atom is -0.480 e. The van der Waals surface area contributed by atoms with E-state index in [2.05, 4.69) is 59.0 Å². The fourth-order valence-corrected chi connectivity index (χ4v) is 19.0. The number of aliphatic hydroxyl groups excluding tert-OH is 2. The number of amides is 1. The van der Waals surface area contributed by atoms with Crippen LogP contribution in [0.3, 0.4) is 0 Å². The van der Waals surface area contributed by atoms with E-state index in [1.165, 1.54) is 63.9 Å². The molecule has 89 heavy (non-hydrogen) atoms. The number of esters is 1. The summed E-state index contributed by atoms with van der Waals surface area (Å²) >= 11 is 0. The number of carbonyl (C=O) groups excluding carboxylic acids is 2. The maximum absolute atomic E-state index is 13.5. The Kier molecular flexibility index (Phi) is 21.7. The number of hydrogen-bond acceptors (Lipinski definition) is 17. The average molecular weight is 1270 g/mol. The zero-order chi connectivity index (χ0) is 63.0. The molecule has 20 heteroatoms. The van der Waals surface area contributed by atoms with Crippen molar-refractivity contribution in [1.29, 1.82) is 0 Å². The van der Waals surface area contributed by atoms with Gasteiger partial charge in [-0.05, 0) is 97.5 Å². The highest BCUT2D eigenvalue weighted by molar-refractivity contribution is 7.85. The number of aliphatic hydroxyl groups is 2. The molecule has 9 saturated heterocycles. The Morgan fingerprint density at radius 2 is 1.36 bits per heavy atom. The van der Waals surface area contributed by atoms with Gasteiger partial charge >= 0.3 is 11.9 Å². The van der Waals surface area contributed by atoms with Crippen molar-refractivity contribution >= 4 is 28.6 Å². The first-order valence-electron chi connectivity index (χ1n) is 34.9. The summed E-state index contributed by atoms with van der Waals surface area (Å²) < 4.78 is 90.0. The van der Waals surface area contributed by atoms with Crippen LogP contribution in [0.4, 0.5) is 0 Å². The molecule has 0 radical (unpaired) electrons. The molecule has 9 fully saturated rings. The van der Waals surface area contributed by atoms with Gasteiger partial charge in [0.2, 0.25) is 5.91 Å². The molecule has 1 amide bonds. The molecule has 11 heterocycles. The molecular formula is C69H109NO18S. The average Bonchev–Trinajstić information content (AvgIpc) is 1.67. The molecule has 11 aliphatic heterocycles. The summed E-state index contributed by atoms with van der Waals surface area (Å²) in [5.74, 6) is -2.54. The number of fused-ring (bicyclic) bond motifs is 10. The molecule has 4 N–H and O–H groups in total. The maximum Gasteiger partial charge on any atom is 0.331 e. The summed E-state index contributed by atoms with van der Waals surface area (Å²) in [5.41, 5.74) is -2.77. The molecule has 26 atom stereocenters. The van der Waals surface area contributed by atoms with Gasteiger partial charge in [0.25, 0.3) is 0 Å². The first-order chi connectivity index (χ1) is 42.5. The van der Waals surface area contributed by atoms with Gasteiger partial charge in [0, 0.05) is 80.6 Å². The number of carboxylic acids is 1. The minimum absolute atomic E-state index is 0.0192. The van der Waals surface area contributed by atoms with Crippen LogP contribution in [0.2, 0.25) is 0 Å². The van der Waals surface area contributed by atoms with Crippen LogP contribution in [0.15, 0.2) is 23.8 Å². The lowest BCUT2D eigenvalue weighted by Gasteiger charge is -2.60. The maximum atomic E-state index is 13.5. The molecule has 0 aromatic heterocycles. The largest absolute Gasteiger partial charge is 0.480 e. The van der Waals surface area contributed by atoms with Crippen LogP contribution in [0.5, 0.6) is 0 Å². The Bertz CT molecular complexity index is 2540. The highest BCUT2D eigenvalue weighted by atomic mass is 32.2. The van der Waals surface area contributed by atoms with Gasteiger partial charge in [0.05, 0.1) is 114 Å². The van der Waals surface area contributed by atoms with Gasteiger partial charge in [0.15, 0.2) is 0 Å². The summed E-state index contributed by atoms with van der Waals surface area (Å²) in [5, 5.41) is 35.0. The van der Waals surface area contributed by atoms with Crippen LogP contribution in [0.25, 0.3) is 0 Å². The third-order valence-corrected chi connectivity index (χ3v) is 24.4. The third kappa shape index (κ3) is 15.2. The standard InChI is InChI=1S/C69H109NO18S/c1-9-10-11-12-13-14-15-16-17-18-19-20-21-24-60(73)70-45(64(75)76)40-89(77)39-43(38-71)30-44-31-54(72)69(8)58(78-44)33-50-51(85-69)32-49-46(79-50)23-22-26-65(4)59(82-49)37-68(7)57(86-65)35-56-66(5,88-68)27-25-47-62(84-56)41(2)28-48-53(80-47)36-67(6)55(81-48)34-52-63(87-67)42(3)29-61(74)83-52/h22-23,29,41,43-59,62-63,71-72H,9-21,24-28,30-40H2,1-8H3,(H,70,73)(H,75,76)/b23-22-/t41-,43?,44-,45?,46-,47+,48+,49+,50+,51-,52+,53-,54+,55-,56+,57-,58-,59-,62-,63-,65+,66-,67+,68+,69+,89?/m1/s1. The minimum atomic E-state index is -1.67. The van der Waals surface area contributed by atoms with Crippen LogP contribution >= 0.6 is 0 Å². The SMILES string of the molecule is CCCCCCCCCCCCCCCC(=O)NC(CS(=O)CC(CO)C[C@@H]1C[C@H](O)[C@]2(C)O[C@@H]3C[C@@H]4O[C@@H]5C[C@]6(C)O[C@]7(C)CC[C@@H]8O[C@@H]9C[C@]%10(C)O[C@@H]%11C(C)=CC(=O)O[C@H]%11C[C@H]%10O[C@H]9C[C@@H](C)[C@H]8O[C@H]7C[C@H]6O[C@@]5(C)C/C=C\[C@H]4O[C@H]3C[C@H]2O1)C(=O)O. The van der Waals surface area contributed by atoms with Crippen molar-refractivity contribution in [2.45, 2.75) is 360 Å². The number of rotatable bonds is 23. The van der Waals surface area contributed by atoms with E-state index in [4.69, 9.17) is 52.1 Å². The van der Waals surface area contributed by atoms with E-state index in [9.17, 15) is 33.9 Å². The lowest BCUT2D eigenvalue weighted by atomic mass is 9.72. The summed E-state index contributed by atoms with van der Waals surface area (Å²) in [6.45, 7) is 16.7. The normalized spacial score (nSPS) is 45.4. The third-order valence-electron chi connectivity index (χ3n) is 22.9. The smallest absolute Gasteiger partial charge is 0.331 e. The quantitative estimate of drug-likeness (QED) is 0.0423. The molecule has 0 aromatic rings. The van der Waals surface area contributed by atoms with Crippen LogP contribution in [-0.4, -0.2) is 193 Å². The van der Waals surface area contributed by atoms with Gasteiger partial charge in [-0.15, -0.1) is 0 Å². The molecule has 19 nitrogen and oxygen atoms in total. The molecule has 0 spiro atoms. The lowest BCUT2D eigenvalue weighted by molar-refractivity contribution is -0.356. The van der Waals surface area contributed by atoms with Gasteiger partial charge in [0.1, 0.15) is 30.0 Å². The van der Waals surface area contributed by atoms with Crippen molar-refractivity contribution in [1.82, 2.24) is 5.32 Å². The van der Waals surface area contributed by atoms with E-state index in [0.29, 0.717) is 57.8 Å². The number of carbonyl (C=O) groups is 3. The highest BCUT2D eigenvalue weighted by Crippen LogP contribution is 2.55. The molecule has 11 aliphatic rings. The molecular weight excluding hydrogens is 1160 g/mol. The molecule has 3 unspecified atom stereocenters. The van der Waals surface area contributed by atoms with E-state index >= 15 is 0 Å². The molecule has 504 valence electrons.